The second-order valence-electron chi connectivity index (χ2n) is 6.87. The summed E-state index contributed by atoms with van der Waals surface area (Å²) in [6.07, 6.45) is 1.15. The fourth-order valence-corrected chi connectivity index (χ4v) is 3.48. The minimum Gasteiger partial charge on any atom is -0.342 e. The van der Waals surface area contributed by atoms with Gasteiger partial charge in [-0.3, -0.25) is 4.79 Å². The Morgan fingerprint density at radius 3 is 2.35 bits per heavy atom. The van der Waals surface area contributed by atoms with Crippen LogP contribution >= 0.6 is 0 Å². The van der Waals surface area contributed by atoms with Gasteiger partial charge in [0.2, 0.25) is 5.91 Å². The summed E-state index contributed by atoms with van der Waals surface area (Å²) in [7, 11) is 1.98. The Kier molecular flexibility index (Phi) is 3.01. The molecule has 2 aliphatic rings. The van der Waals surface area contributed by atoms with Gasteiger partial charge in [-0.25, -0.2) is 0 Å². The van der Waals surface area contributed by atoms with E-state index in [0.29, 0.717) is 11.8 Å². The third-order valence-electron chi connectivity index (χ3n) is 5.36. The maximum absolute atomic E-state index is 12.5. The van der Waals surface area contributed by atoms with E-state index in [1.807, 2.05) is 7.05 Å². The first-order valence-corrected chi connectivity index (χ1v) is 6.75. The zero-order chi connectivity index (χ0) is 12.8. The molecule has 0 bridgehead atoms. The van der Waals surface area contributed by atoms with Crippen LogP contribution in [0.4, 0.5) is 0 Å². The molecule has 17 heavy (non-hydrogen) atoms. The predicted molar refractivity (Wildman–Crippen MR) is 69.7 cm³/mol. The number of nitrogens with one attached hydrogen (secondary N) is 1. The zero-order valence-electron chi connectivity index (χ0n) is 11.8. The lowest BCUT2D eigenvalue weighted by molar-refractivity contribution is -0.132. The van der Waals surface area contributed by atoms with Crippen molar-refractivity contribution in [1.29, 1.82) is 0 Å². The Morgan fingerprint density at radius 2 is 1.88 bits per heavy atom. The molecular weight excluding hydrogens is 212 g/mol. The van der Waals surface area contributed by atoms with Crippen LogP contribution in [0.5, 0.6) is 0 Å². The van der Waals surface area contributed by atoms with Gasteiger partial charge in [0, 0.05) is 19.0 Å². The van der Waals surface area contributed by atoms with Crippen LogP contribution in [0.1, 0.15) is 34.1 Å². The lowest BCUT2D eigenvalue weighted by Gasteiger charge is -2.17. The molecule has 1 amide bonds. The van der Waals surface area contributed by atoms with Crippen LogP contribution in [0.2, 0.25) is 0 Å². The van der Waals surface area contributed by atoms with Crippen molar-refractivity contribution in [2.24, 2.45) is 22.7 Å². The van der Waals surface area contributed by atoms with Gasteiger partial charge in [0.1, 0.15) is 0 Å². The molecular formula is C14H26N2O. The first kappa shape index (κ1) is 12.9. The number of amides is 1. The maximum Gasteiger partial charge on any atom is 0.226 e. The molecule has 1 aliphatic heterocycles. The second kappa shape index (κ2) is 3.98. The van der Waals surface area contributed by atoms with Crippen molar-refractivity contribution in [1.82, 2.24) is 10.2 Å². The van der Waals surface area contributed by atoms with Gasteiger partial charge in [-0.1, -0.05) is 27.7 Å². The number of hydrogen-bond acceptors (Lipinski definition) is 2. The summed E-state index contributed by atoms with van der Waals surface area (Å²) in [6.45, 7) is 11.8. The SMILES string of the molecule is CNCC1CCN(C(=O)C2C(C)(C)C2(C)C)C1. The molecule has 1 atom stereocenters. The van der Waals surface area contributed by atoms with Crippen molar-refractivity contribution >= 4 is 5.91 Å². The highest BCUT2D eigenvalue weighted by atomic mass is 16.2. The number of likely N-dealkylation sites (tertiary alicyclic amines) is 1. The van der Waals surface area contributed by atoms with Gasteiger partial charge in [-0.2, -0.15) is 0 Å². The van der Waals surface area contributed by atoms with Gasteiger partial charge in [0.25, 0.3) is 0 Å². The molecule has 1 saturated carbocycles. The number of rotatable bonds is 3. The van der Waals surface area contributed by atoms with Crippen molar-refractivity contribution < 1.29 is 4.79 Å². The quantitative estimate of drug-likeness (QED) is 0.812. The summed E-state index contributed by atoms with van der Waals surface area (Å²) < 4.78 is 0. The molecule has 0 spiro atoms. The van der Waals surface area contributed by atoms with E-state index >= 15 is 0 Å². The molecule has 1 N–H and O–H groups in total. The summed E-state index contributed by atoms with van der Waals surface area (Å²) in [5, 5.41) is 3.21. The Hall–Kier alpha value is -0.570. The molecule has 2 rings (SSSR count). The van der Waals surface area contributed by atoms with Crippen molar-refractivity contribution in [2.45, 2.75) is 34.1 Å². The van der Waals surface area contributed by atoms with Gasteiger partial charge >= 0.3 is 0 Å². The lowest BCUT2D eigenvalue weighted by Crippen LogP contribution is -2.33. The standard InChI is InChI=1S/C14H26N2O/c1-13(2)11(14(13,3)4)12(17)16-7-6-10(9-16)8-15-5/h10-11,15H,6-9H2,1-5H3. The lowest BCUT2D eigenvalue weighted by atomic mass is 10.0. The number of nitrogens with zero attached hydrogens (tertiary/aromatic N) is 1. The maximum atomic E-state index is 12.5. The van der Waals surface area contributed by atoms with Crippen LogP contribution in [0.25, 0.3) is 0 Å². The number of carbonyl (C=O) groups excluding carboxylic acids is 1. The molecule has 3 heteroatoms. The van der Waals surface area contributed by atoms with Gasteiger partial charge in [-0.05, 0) is 36.8 Å². The van der Waals surface area contributed by atoms with Crippen LogP contribution in [0.3, 0.4) is 0 Å². The Bertz CT molecular complexity index is 308. The fourth-order valence-electron chi connectivity index (χ4n) is 3.48. The molecule has 0 aromatic rings. The van der Waals surface area contributed by atoms with Crippen molar-refractivity contribution in [2.75, 3.05) is 26.7 Å². The zero-order valence-corrected chi connectivity index (χ0v) is 11.8. The van der Waals surface area contributed by atoms with Gasteiger partial charge in [-0.15, -0.1) is 0 Å². The predicted octanol–water partition coefficient (Wildman–Crippen LogP) is 1.74. The Balaban J connectivity index is 1.95. The van der Waals surface area contributed by atoms with Gasteiger partial charge < -0.3 is 10.2 Å². The number of hydrogen-bond donors (Lipinski definition) is 1. The van der Waals surface area contributed by atoms with E-state index in [2.05, 4.69) is 37.9 Å². The van der Waals surface area contributed by atoms with Gasteiger partial charge in [0.15, 0.2) is 0 Å². The van der Waals surface area contributed by atoms with E-state index in [1.54, 1.807) is 0 Å². The van der Waals surface area contributed by atoms with E-state index in [9.17, 15) is 4.79 Å². The third kappa shape index (κ3) is 1.88. The van der Waals surface area contributed by atoms with Crippen LogP contribution in [-0.2, 0) is 4.79 Å². The van der Waals surface area contributed by atoms with Crippen LogP contribution < -0.4 is 5.32 Å². The summed E-state index contributed by atoms with van der Waals surface area (Å²) in [6, 6.07) is 0. The van der Waals surface area contributed by atoms with Crippen molar-refractivity contribution in [3.8, 4) is 0 Å². The van der Waals surface area contributed by atoms with Gasteiger partial charge in [0.05, 0.1) is 0 Å². The fraction of sp³-hybridized carbons (Fsp3) is 0.929. The molecule has 0 aromatic carbocycles. The minimum atomic E-state index is 0.172. The number of carbonyl (C=O) groups is 1. The summed E-state index contributed by atoms with van der Waals surface area (Å²) in [4.78, 5) is 14.6. The molecule has 1 aliphatic carbocycles. The first-order chi connectivity index (χ1) is 7.82. The largest absolute Gasteiger partial charge is 0.342 e. The van der Waals surface area contributed by atoms with E-state index in [0.717, 1.165) is 26.1 Å². The van der Waals surface area contributed by atoms with E-state index in [4.69, 9.17) is 0 Å². The van der Waals surface area contributed by atoms with E-state index in [1.165, 1.54) is 0 Å². The molecule has 2 fully saturated rings. The monoisotopic (exact) mass is 238 g/mol. The normalized spacial score (nSPS) is 30.6. The highest BCUT2D eigenvalue weighted by Gasteiger charge is 2.68. The highest BCUT2D eigenvalue weighted by molar-refractivity contribution is 5.84. The van der Waals surface area contributed by atoms with Crippen LogP contribution in [-0.4, -0.2) is 37.5 Å². The smallest absolute Gasteiger partial charge is 0.226 e. The molecule has 0 aromatic heterocycles. The minimum absolute atomic E-state index is 0.172. The third-order valence-corrected chi connectivity index (χ3v) is 5.36. The van der Waals surface area contributed by atoms with E-state index in [-0.39, 0.29) is 16.7 Å². The molecule has 1 unspecified atom stereocenters. The molecule has 1 heterocycles. The molecule has 0 radical (unpaired) electrons. The molecule has 1 saturated heterocycles. The van der Waals surface area contributed by atoms with Crippen LogP contribution in [0.15, 0.2) is 0 Å². The molecule has 3 nitrogen and oxygen atoms in total. The molecule has 98 valence electrons. The Labute approximate surface area is 105 Å². The summed E-state index contributed by atoms with van der Waals surface area (Å²) >= 11 is 0. The van der Waals surface area contributed by atoms with E-state index < -0.39 is 0 Å². The first-order valence-electron chi connectivity index (χ1n) is 6.75. The van der Waals surface area contributed by atoms with Crippen molar-refractivity contribution in [3.63, 3.8) is 0 Å². The Morgan fingerprint density at radius 1 is 1.29 bits per heavy atom. The van der Waals surface area contributed by atoms with Crippen molar-refractivity contribution in [3.05, 3.63) is 0 Å². The summed E-state index contributed by atoms with van der Waals surface area (Å²) in [5.41, 5.74) is 0.344. The average molecular weight is 238 g/mol. The topological polar surface area (TPSA) is 32.3 Å². The summed E-state index contributed by atoms with van der Waals surface area (Å²) in [5.74, 6) is 1.26. The van der Waals surface area contributed by atoms with Crippen LogP contribution in [0, 0.1) is 22.7 Å². The highest BCUT2D eigenvalue weighted by Crippen LogP contribution is 2.68. The second-order valence-corrected chi connectivity index (χ2v) is 6.87. The average Bonchev–Trinajstić information content (AvgIpc) is 2.59.